The molecule has 4 rings (SSSR count). The Kier molecular flexibility index (Phi) is 7.61. The Labute approximate surface area is 216 Å². The van der Waals surface area contributed by atoms with Crippen LogP contribution in [0.1, 0.15) is 15.9 Å². The molecule has 0 unspecified atom stereocenters. The van der Waals surface area contributed by atoms with Crippen LogP contribution in [-0.4, -0.2) is 29.0 Å². The van der Waals surface area contributed by atoms with Crippen LogP contribution in [0.4, 0.5) is 17.1 Å². The molecule has 0 aliphatic heterocycles. The van der Waals surface area contributed by atoms with E-state index in [1.165, 1.54) is 28.6 Å². The Bertz CT molecular complexity index is 1570. The Morgan fingerprint density at radius 2 is 1.27 bits per heavy atom. The van der Waals surface area contributed by atoms with Crippen molar-refractivity contribution in [2.45, 2.75) is 11.4 Å². The van der Waals surface area contributed by atoms with Gasteiger partial charge in [-0.3, -0.25) is 13.8 Å². The van der Waals surface area contributed by atoms with Crippen molar-refractivity contribution in [3.05, 3.63) is 120 Å². The second-order valence-corrected chi connectivity index (χ2v) is 11.8. The van der Waals surface area contributed by atoms with Crippen molar-refractivity contribution in [1.82, 2.24) is 0 Å². The number of sulfonamides is 2. The van der Waals surface area contributed by atoms with Gasteiger partial charge in [-0.25, -0.2) is 16.8 Å². The Morgan fingerprint density at radius 3 is 1.84 bits per heavy atom. The Hall–Kier alpha value is -4.15. The third kappa shape index (κ3) is 6.75. The van der Waals surface area contributed by atoms with Gasteiger partial charge in [0.25, 0.3) is 15.9 Å². The van der Waals surface area contributed by atoms with Gasteiger partial charge in [0.05, 0.1) is 23.4 Å². The van der Waals surface area contributed by atoms with E-state index in [2.05, 4.69) is 10.0 Å². The summed E-state index contributed by atoms with van der Waals surface area (Å²) >= 11 is 0. The Balaban J connectivity index is 1.42. The summed E-state index contributed by atoms with van der Waals surface area (Å²) in [5.41, 5.74) is 2.52. The average Bonchev–Trinajstić information content (AvgIpc) is 2.88. The summed E-state index contributed by atoms with van der Waals surface area (Å²) in [6.45, 7) is 0.123. The van der Waals surface area contributed by atoms with Crippen molar-refractivity contribution >= 4 is 43.0 Å². The molecule has 0 saturated heterocycles. The molecule has 0 atom stereocenters. The number of nitrogens with one attached hydrogen (secondary N) is 2. The van der Waals surface area contributed by atoms with Crippen molar-refractivity contribution in [2.24, 2.45) is 0 Å². The van der Waals surface area contributed by atoms with Crippen LogP contribution in [0.3, 0.4) is 0 Å². The summed E-state index contributed by atoms with van der Waals surface area (Å²) in [6, 6.07) is 29.8. The summed E-state index contributed by atoms with van der Waals surface area (Å²) in [4.78, 5) is 12.8. The molecule has 0 aromatic heterocycles. The summed E-state index contributed by atoms with van der Waals surface area (Å²) in [5, 5.41) is 2.74. The SMILES string of the molecule is CS(=O)(=O)N(Cc1ccc(C(=O)Nc2ccc(S(=O)(=O)Nc3ccccc3)cc2)cc1)c1ccccc1. The number of amides is 1. The quantitative estimate of drug-likeness (QED) is 0.322. The molecule has 0 bridgehead atoms. The first kappa shape index (κ1) is 25.9. The molecule has 0 saturated carbocycles. The molecule has 0 radical (unpaired) electrons. The fourth-order valence-electron chi connectivity index (χ4n) is 3.56. The first-order chi connectivity index (χ1) is 17.6. The van der Waals surface area contributed by atoms with Gasteiger partial charge in [0.1, 0.15) is 0 Å². The highest BCUT2D eigenvalue weighted by Gasteiger charge is 2.18. The zero-order chi connectivity index (χ0) is 26.5. The van der Waals surface area contributed by atoms with Crippen LogP contribution in [0.5, 0.6) is 0 Å². The van der Waals surface area contributed by atoms with Crippen molar-refractivity contribution in [3.63, 3.8) is 0 Å². The maximum absolute atomic E-state index is 12.7. The van der Waals surface area contributed by atoms with E-state index in [0.717, 1.165) is 6.26 Å². The van der Waals surface area contributed by atoms with E-state index in [4.69, 9.17) is 0 Å². The van der Waals surface area contributed by atoms with E-state index in [0.29, 0.717) is 28.2 Å². The van der Waals surface area contributed by atoms with Crippen LogP contribution >= 0.6 is 0 Å². The van der Waals surface area contributed by atoms with Crippen molar-refractivity contribution in [1.29, 1.82) is 0 Å². The average molecular weight is 536 g/mol. The second kappa shape index (κ2) is 10.9. The number of hydrogen-bond donors (Lipinski definition) is 2. The molecule has 190 valence electrons. The molecule has 0 aliphatic rings. The van der Waals surface area contributed by atoms with Crippen LogP contribution in [0, 0.1) is 0 Å². The fraction of sp³-hybridized carbons (Fsp3) is 0.0741. The molecule has 0 spiro atoms. The predicted octanol–water partition coefficient (Wildman–Crippen LogP) is 4.71. The van der Waals surface area contributed by atoms with E-state index in [1.54, 1.807) is 78.9 Å². The van der Waals surface area contributed by atoms with Crippen LogP contribution in [0.15, 0.2) is 114 Å². The van der Waals surface area contributed by atoms with Crippen LogP contribution in [0.2, 0.25) is 0 Å². The molecule has 4 aromatic carbocycles. The first-order valence-electron chi connectivity index (χ1n) is 11.2. The number of anilines is 3. The maximum atomic E-state index is 12.7. The van der Waals surface area contributed by atoms with Gasteiger partial charge >= 0.3 is 0 Å². The summed E-state index contributed by atoms with van der Waals surface area (Å²) in [5.74, 6) is -0.382. The largest absolute Gasteiger partial charge is 0.322 e. The molecule has 37 heavy (non-hydrogen) atoms. The number of carbonyl (C=O) groups is 1. The van der Waals surface area contributed by atoms with Crippen molar-refractivity contribution in [2.75, 3.05) is 20.6 Å². The van der Waals surface area contributed by atoms with Gasteiger partial charge < -0.3 is 5.32 Å². The number of rotatable bonds is 9. The maximum Gasteiger partial charge on any atom is 0.261 e. The standard InChI is InChI=1S/C27H25N3O5S2/c1-36(32,33)30(25-10-6-3-7-11-25)20-21-12-14-22(15-13-21)27(31)28-23-16-18-26(19-17-23)37(34,35)29-24-8-4-2-5-9-24/h2-19,29H,20H2,1H3,(H,28,31). The highest BCUT2D eigenvalue weighted by molar-refractivity contribution is 7.92. The minimum Gasteiger partial charge on any atom is -0.322 e. The smallest absolute Gasteiger partial charge is 0.261 e. The van der Waals surface area contributed by atoms with Crippen LogP contribution in [0.25, 0.3) is 0 Å². The van der Waals surface area contributed by atoms with E-state index >= 15 is 0 Å². The van der Waals surface area contributed by atoms with E-state index in [9.17, 15) is 21.6 Å². The van der Waals surface area contributed by atoms with Gasteiger partial charge in [-0.2, -0.15) is 0 Å². The molecule has 4 aromatic rings. The zero-order valence-electron chi connectivity index (χ0n) is 19.9. The summed E-state index contributed by atoms with van der Waals surface area (Å²) < 4.78 is 53.6. The lowest BCUT2D eigenvalue weighted by molar-refractivity contribution is 0.102. The molecule has 1 amide bonds. The Morgan fingerprint density at radius 1 is 0.703 bits per heavy atom. The minimum atomic E-state index is -3.77. The lowest BCUT2D eigenvalue weighted by atomic mass is 10.1. The molecule has 0 heterocycles. The lowest BCUT2D eigenvalue weighted by Gasteiger charge is -2.22. The molecule has 10 heteroatoms. The van der Waals surface area contributed by atoms with Gasteiger partial charge in [0.15, 0.2) is 0 Å². The lowest BCUT2D eigenvalue weighted by Crippen LogP contribution is -2.29. The predicted molar refractivity (Wildman–Crippen MR) is 146 cm³/mol. The number of para-hydroxylation sites is 2. The number of benzene rings is 4. The molecule has 8 nitrogen and oxygen atoms in total. The van der Waals surface area contributed by atoms with Crippen molar-refractivity contribution in [3.8, 4) is 0 Å². The van der Waals surface area contributed by atoms with E-state index in [-0.39, 0.29) is 17.3 Å². The van der Waals surface area contributed by atoms with E-state index < -0.39 is 20.0 Å². The van der Waals surface area contributed by atoms with Crippen molar-refractivity contribution < 1.29 is 21.6 Å². The van der Waals surface area contributed by atoms with Crippen LogP contribution < -0.4 is 14.3 Å². The monoisotopic (exact) mass is 535 g/mol. The topological polar surface area (TPSA) is 113 Å². The molecular formula is C27H25N3O5S2. The third-order valence-electron chi connectivity index (χ3n) is 5.44. The highest BCUT2D eigenvalue weighted by Crippen LogP contribution is 2.21. The first-order valence-corrected chi connectivity index (χ1v) is 14.6. The van der Waals surface area contributed by atoms with Gasteiger partial charge in [-0.15, -0.1) is 0 Å². The number of carbonyl (C=O) groups excluding carboxylic acids is 1. The van der Waals surface area contributed by atoms with Crippen LogP contribution in [-0.2, 0) is 26.6 Å². The van der Waals surface area contributed by atoms with Gasteiger partial charge in [0, 0.05) is 16.9 Å². The normalized spacial score (nSPS) is 11.5. The highest BCUT2D eigenvalue weighted by atomic mass is 32.2. The number of hydrogen-bond acceptors (Lipinski definition) is 5. The zero-order valence-corrected chi connectivity index (χ0v) is 21.5. The molecular weight excluding hydrogens is 510 g/mol. The minimum absolute atomic E-state index is 0.0625. The summed E-state index contributed by atoms with van der Waals surface area (Å²) in [7, 11) is -7.27. The van der Waals surface area contributed by atoms with E-state index in [1.807, 2.05) is 6.07 Å². The third-order valence-corrected chi connectivity index (χ3v) is 7.97. The van der Waals surface area contributed by atoms with Gasteiger partial charge in [-0.05, 0) is 66.2 Å². The fourth-order valence-corrected chi connectivity index (χ4v) is 5.51. The second-order valence-electron chi connectivity index (χ2n) is 8.25. The molecule has 0 aliphatic carbocycles. The molecule has 0 fully saturated rings. The molecule has 2 N–H and O–H groups in total. The number of nitrogens with zero attached hydrogens (tertiary/aromatic N) is 1. The van der Waals surface area contributed by atoms with Gasteiger partial charge in [0.2, 0.25) is 10.0 Å². The summed E-state index contributed by atoms with van der Waals surface area (Å²) in [6.07, 6.45) is 1.15. The van der Waals surface area contributed by atoms with Gasteiger partial charge in [-0.1, -0.05) is 48.5 Å².